The molecule has 2 atom stereocenters. The van der Waals surface area contributed by atoms with E-state index in [0.29, 0.717) is 23.1 Å². The van der Waals surface area contributed by atoms with Gasteiger partial charge in [0.05, 0.1) is 11.9 Å². The lowest BCUT2D eigenvalue weighted by Gasteiger charge is -2.29. The highest BCUT2D eigenvalue weighted by Gasteiger charge is 2.23. The Labute approximate surface area is 182 Å². The minimum atomic E-state index is -0.635. The summed E-state index contributed by atoms with van der Waals surface area (Å²) >= 11 is 3.44. The van der Waals surface area contributed by atoms with Gasteiger partial charge in [0.25, 0.3) is 5.91 Å². The van der Waals surface area contributed by atoms with Gasteiger partial charge in [-0.1, -0.05) is 12.8 Å². The zero-order chi connectivity index (χ0) is 21.5. The van der Waals surface area contributed by atoms with E-state index in [9.17, 15) is 4.79 Å². The van der Waals surface area contributed by atoms with Crippen molar-refractivity contribution in [2.75, 3.05) is 16.1 Å². The van der Waals surface area contributed by atoms with Crippen LogP contribution >= 0.6 is 15.9 Å². The van der Waals surface area contributed by atoms with Crippen molar-refractivity contribution in [3.8, 4) is 0 Å². The molecule has 10 nitrogen and oxygen atoms in total. The van der Waals surface area contributed by atoms with Gasteiger partial charge in [-0.3, -0.25) is 10.2 Å². The standard InChI is InChI=1S/C19H24BrN9O/c20-13-6-5-11(9-16(13)29-25-8-7-21)26-18-12(17(23)30)10-24-19(28-18)27-15-4-2-1-3-14(15)22/h5-10,14-15,21,29H,1-4,22H2,(H2,23,30)(H2,24,26,27,28)/b21-7?,25-8-/t14-,15+/m0/s1. The summed E-state index contributed by atoms with van der Waals surface area (Å²) in [4.78, 5) is 20.6. The summed E-state index contributed by atoms with van der Waals surface area (Å²) in [6.45, 7) is 0. The van der Waals surface area contributed by atoms with Crippen molar-refractivity contribution < 1.29 is 4.79 Å². The maximum atomic E-state index is 11.9. The molecule has 0 radical (unpaired) electrons. The summed E-state index contributed by atoms with van der Waals surface area (Å²) in [6, 6.07) is 5.53. The molecule has 1 aromatic heterocycles. The first-order valence-electron chi connectivity index (χ1n) is 9.51. The van der Waals surface area contributed by atoms with Crippen LogP contribution in [0.3, 0.4) is 0 Å². The monoisotopic (exact) mass is 473 g/mol. The molecule has 1 aromatic carbocycles. The second-order valence-corrected chi connectivity index (χ2v) is 7.75. The van der Waals surface area contributed by atoms with E-state index >= 15 is 0 Å². The number of anilines is 4. The van der Waals surface area contributed by atoms with Gasteiger partial charge in [0.2, 0.25) is 5.95 Å². The van der Waals surface area contributed by atoms with Gasteiger partial charge in [0.1, 0.15) is 11.4 Å². The van der Waals surface area contributed by atoms with E-state index in [0.717, 1.165) is 36.4 Å². The van der Waals surface area contributed by atoms with Crippen LogP contribution in [-0.4, -0.2) is 40.4 Å². The molecule has 1 aliphatic rings. The third kappa shape index (κ3) is 5.51. The fourth-order valence-corrected chi connectivity index (χ4v) is 3.54. The Morgan fingerprint density at radius 1 is 1.33 bits per heavy atom. The number of aromatic nitrogens is 2. The number of amides is 1. The Balaban J connectivity index is 1.84. The number of benzene rings is 1. The third-order valence-corrected chi connectivity index (χ3v) is 5.44. The van der Waals surface area contributed by atoms with Crippen LogP contribution in [0.15, 0.2) is 34.0 Å². The van der Waals surface area contributed by atoms with Gasteiger partial charge in [-0.2, -0.15) is 10.1 Å². The average Bonchev–Trinajstić information content (AvgIpc) is 2.72. The quantitative estimate of drug-likeness (QED) is 0.253. The number of hydrazone groups is 1. The second-order valence-electron chi connectivity index (χ2n) is 6.90. The van der Waals surface area contributed by atoms with Crippen LogP contribution in [0.25, 0.3) is 0 Å². The van der Waals surface area contributed by atoms with Gasteiger partial charge in [-0.15, -0.1) is 0 Å². The molecule has 0 unspecified atom stereocenters. The Bertz CT molecular complexity index is 950. The number of nitrogens with zero attached hydrogens (tertiary/aromatic N) is 3. The van der Waals surface area contributed by atoms with E-state index in [2.05, 4.69) is 47.1 Å². The van der Waals surface area contributed by atoms with Crippen molar-refractivity contribution in [2.24, 2.45) is 16.6 Å². The van der Waals surface area contributed by atoms with E-state index in [1.807, 2.05) is 12.1 Å². The van der Waals surface area contributed by atoms with Gasteiger partial charge in [-0.05, 0) is 47.0 Å². The predicted octanol–water partition coefficient (Wildman–Crippen LogP) is 2.81. The first-order chi connectivity index (χ1) is 14.5. The Morgan fingerprint density at radius 3 is 2.87 bits per heavy atom. The third-order valence-electron chi connectivity index (χ3n) is 4.75. The SMILES string of the molecule is N=C/C=N\Nc1cc(Nc2nc(N[C@@H]3CCCC[C@@H]3N)ncc2C(N)=O)ccc1Br. The van der Waals surface area contributed by atoms with E-state index in [1.54, 1.807) is 6.07 Å². The van der Waals surface area contributed by atoms with E-state index < -0.39 is 5.91 Å². The summed E-state index contributed by atoms with van der Waals surface area (Å²) in [5, 5.41) is 17.3. The van der Waals surface area contributed by atoms with Crippen molar-refractivity contribution in [2.45, 2.75) is 37.8 Å². The van der Waals surface area contributed by atoms with Gasteiger partial charge in [-0.25, -0.2) is 4.98 Å². The lowest BCUT2D eigenvalue weighted by molar-refractivity contribution is 0.100. The van der Waals surface area contributed by atoms with Crippen LogP contribution in [0, 0.1) is 5.41 Å². The number of rotatable bonds is 8. The molecule has 1 saturated carbocycles. The second kappa shape index (κ2) is 10.1. The van der Waals surface area contributed by atoms with Crippen molar-refractivity contribution in [1.82, 2.24) is 9.97 Å². The summed E-state index contributed by atoms with van der Waals surface area (Å²) in [5.41, 5.74) is 16.0. The first kappa shape index (κ1) is 21.7. The van der Waals surface area contributed by atoms with Gasteiger partial charge < -0.3 is 27.5 Å². The maximum absolute atomic E-state index is 11.9. The smallest absolute Gasteiger partial charge is 0.254 e. The molecule has 0 aliphatic heterocycles. The number of nitrogens with one attached hydrogen (secondary N) is 4. The van der Waals surface area contributed by atoms with Gasteiger partial charge in [0.15, 0.2) is 0 Å². The van der Waals surface area contributed by atoms with Gasteiger partial charge >= 0.3 is 0 Å². The summed E-state index contributed by atoms with van der Waals surface area (Å²) in [7, 11) is 0. The molecule has 0 spiro atoms. The van der Waals surface area contributed by atoms with E-state index in [-0.39, 0.29) is 17.6 Å². The maximum Gasteiger partial charge on any atom is 0.254 e. The highest BCUT2D eigenvalue weighted by atomic mass is 79.9. The van der Waals surface area contributed by atoms with Gasteiger partial charge in [0, 0.05) is 34.7 Å². The Morgan fingerprint density at radius 2 is 2.13 bits per heavy atom. The molecule has 30 heavy (non-hydrogen) atoms. The van der Waals surface area contributed by atoms with E-state index in [4.69, 9.17) is 16.9 Å². The fraction of sp³-hybridized carbons (Fsp3) is 0.316. The van der Waals surface area contributed by atoms with Crippen LogP contribution in [0.2, 0.25) is 0 Å². The molecule has 11 heteroatoms. The highest BCUT2D eigenvalue weighted by molar-refractivity contribution is 9.10. The minimum Gasteiger partial charge on any atom is -0.365 e. The largest absolute Gasteiger partial charge is 0.365 e. The fourth-order valence-electron chi connectivity index (χ4n) is 3.20. The molecule has 2 aromatic rings. The topological polar surface area (TPSA) is 167 Å². The molecule has 0 bridgehead atoms. The Kier molecular flexibility index (Phi) is 7.31. The summed E-state index contributed by atoms with van der Waals surface area (Å²) in [5.74, 6) is 0.0426. The molecule has 158 valence electrons. The highest BCUT2D eigenvalue weighted by Crippen LogP contribution is 2.29. The number of halogens is 1. The summed E-state index contributed by atoms with van der Waals surface area (Å²) < 4.78 is 0.779. The minimum absolute atomic E-state index is 0.0382. The molecule has 1 aliphatic carbocycles. The van der Waals surface area contributed by atoms with Crippen molar-refractivity contribution in [1.29, 1.82) is 5.41 Å². The first-order valence-corrected chi connectivity index (χ1v) is 10.3. The molecule has 1 fully saturated rings. The zero-order valence-corrected chi connectivity index (χ0v) is 17.8. The lowest BCUT2D eigenvalue weighted by atomic mass is 9.91. The molecule has 3 rings (SSSR count). The molecule has 1 heterocycles. The van der Waals surface area contributed by atoms with Crippen LogP contribution in [0.1, 0.15) is 36.0 Å². The lowest BCUT2D eigenvalue weighted by Crippen LogP contribution is -2.43. The van der Waals surface area contributed by atoms with Crippen LogP contribution in [-0.2, 0) is 0 Å². The van der Waals surface area contributed by atoms with Crippen molar-refractivity contribution in [3.05, 3.63) is 34.4 Å². The molecule has 0 saturated heterocycles. The zero-order valence-electron chi connectivity index (χ0n) is 16.2. The van der Waals surface area contributed by atoms with E-state index in [1.165, 1.54) is 12.4 Å². The van der Waals surface area contributed by atoms with Crippen LogP contribution in [0.5, 0.6) is 0 Å². The molecule has 1 amide bonds. The number of primary amides is 1. The molecular weight excluding hydrogens is 450 g/mol. The predicted molar refractivity (Wildman–Crippen MR) is 123 cm³/mol. The number of hydrogen-bond acceptors (Lipinski definition) is 9. The van der Waals surface area contributed by atoms with Crippen molar-refractivity contribution >= 4 is 57.4 Å². The number of hydrogen-bond donors (Lipinski definition) is 6. The van der Waals surface area contributed by atoms with Crippen LogP contribution in [0.4, 0.5) is 23.1 Å². The normalized spacial score (nSPS) is 18.7. The number of carbonyl (C=O) groups is 1. The Hall–Kier alpha value is -3.05. The summed E-state index contributed by atoms with van der Waals surface area (Å²) in [6.07, 6.45) is 7.91. The molecular formula is C19H24BrN9O. The number of nitrogens with two attached hydrogens (primary N) is 2. The van der Waals surface area contributed by atoms with Crippen LogP contribution < -0.4 is 27.5 Å². The van der Waals surface area contributed by atoms with Crippen molar-refractivity contribution in [3.63, 3.8) is 0 Å². The average molecular weight is 474 g/mol. The number of carbonyl (C=O) groups excluding carboxylic acids is 1. The molecule has 8 N–H and O–H groups in total.